The predicted molar refractivity (Wildman–Crippen MR) is 48.0 cm³/mol. The van der Waals surface area contributed by atoms with Crippen LogP contribution in [0.3, 0.4) is 0 Å². The van der Waals surface area contributed by atoms with Crippen molar-refractivity contribution in [3.05, 3.63) is 29.3 Å². The number of rotatable bonds is 1. The summed E-state index contributed by atoms with van der Waals surface area (Å²) < 4.78 is 0. The van der Waals surface area contributed by atoms with E-state index < -0.39 is 0 Å². The second kappa shape index (κ2) is 3.31. The second-order valence-electron chi connectivity index (χ2n) is 2.21. The molecule has 0 unspecified atom stereocenters. The molecule has 0 aliphatic heterocycles. The molecular weight excluding hydrogens is 164 g/mol. The van der Waals surface area contributed by atoms with Crippen LogP contribution in [0.5, 0.6) is 0 Å². The van der Waals surface area contributed by atoms with E-state index in [0.29, 0.717) is 5.88 Å². The first kappa shape index (κ1) is 7.96. The molecule has 0 heterocycles. The Kier molecular flexibility index (Phi) is 2.64. The number of hydrogen-bond donors (Lipinski definition) is 1. The third kappa shape index (κ3) is 1.47. The van der Waals surface area contributed by atoms with Crippen molar-refractivity contribution in [3.63, 3.8) is 0 Å². The summed E-state index contributed by atoms with van der Waals surface area (Å²) in [5.41, 5.74) is 2.34. The van der Waals surface area contributed by atoms with Gasteiger partial charge in [0.05, 0.1) is 0 Å². The van der Waals surface area contributed by atoms with Crippen LogP contribution in [0, 0.1) is 6.92 Å². The van der Waals surface area contributed by atoms with Crippen LogP contribution in [-0.4, -0.2) is 0 Å². The van der Waals surface area contributed by atoms with E-state index in [4.69, 9.17) is 11.6 Å². The minimum atomic E-state index is 0.547. The number of hydrogen-bond acceptors (Lipinski definition) is 1. The predicted octanol–water partition coefficient (Wildman–Crippen LogP) is 3.02. The molecule has 0 aromatic heterocycles. The molecule has 1 aromatic rings. The van der Waals surface area contributed by atoms with E-state index in [1.54, 1.807) is 0 Å². The number of benzene rings is 1. The minimum Gasteiger partial charge on any atom is -0.143 e. The fraction of sp³-hybridized carbons (Fsp3) is 0.250. The molecule has 0 atom stereocenters. The van der Waals surface area contributed by atoms with Gasteiger partial charge < -0.3 is 0 Å². The molecular formula is C8H9ClS. The lowest BCUT2D eigenvalue weighted by Crippen LogP contribution is -1.85. The van der Waals surface area contributed by atoms with Crippen molar-refractivity contribution in [1.82, 2.24) is 0 Å². The fourth-order valence-corrected chi connectivity index (χ4v) is 1.65. The Morgan fingerprint density at radius 1 is 1.50 bits per heavy atom. The normalized spacial score (nSPS) is 9.90. The zero-order valence-electron chi connectivity index (χ0n) is 5.76. The molecule has 0 spiro atoms. The van der Waals surface area contributed by atoms with Crippen LogP contribution in [0.15, 0.2) is 23.1 Å². The first-order chi connectivity index (χ1) is 4.75. The molecule has 0 radical (unpaired) electrons. The summed E-state index contributed by atoms with van der Waals surface area (Å²) in [6.45, 7) is 2.04. The average Bonchev–Trinajstić information content (AvgIpc) is 1.88. The Bertz CT molecular complexity index is 212. The maximum atomic E-state index is 5.69. The molecule has 0 aliphatic carbocycles. The van der Waals surface area contributed by atoms with E-state index in [9.17, 15) is 0 Å². The van der Waals surface area contributed by atoms with Gasteiger partial charge in [-0.15, -0.1) is 24.2 Å². The quantitative estimate of drug-likeness (QED) is 0.489. The third-order valence-electron chi connectivity index (χ3n) is 1.52. The summed E-state index contributed by atoms with van der Waals surface area (Å²) in [6.07, 6.45) is 0. The van der Waals surface area contributed by atoms with Crippen LogP contribution in [0.2, 0.25) is 0 Å². The molecule has 1 aromatic carbocycles. The Hall–Kier alpha value is -0.140. The van der Waals surface area contributed by atoms with Gasteiger partial charge in [0.2, 0.25) is 0 Å². The summed E-state index contributed by atoms with van der Waals surface area (Å²) in [5.74, 6) is 0.547. The monoisotopic (exact) mass is 172 g/mol. The Morgan fingerprint density at radius 3 is 2.60 bits per heavy atom. The van der Waals surface area contributed by atoms with Gasteiger partial charge in [-0.3, -0.25) is 0 Å². The molecule has 10 heavy (non-hydrogen) atoms. The summed E-state index contributed by atoms with van der Waals surface area (Å²) in [5, 5.41) is 0. The third-order valence-corrected chi connectivity index (χ3v) is 2.21. The van der Waals surface area contributed by atoms with Crippen molar-refractivity contribution in [2.24, 2.45) is 0 Å². The van der Waals surface area contributed by atoms with Crippen LogP contribution in [-0.2, 0) is 5.88 Å². The summed E-state index contributed by atoms with van der Waals surface area (Å²) in [7, 11) is 0. The van der Waals surface area contributed by atoms with E-state index in [1.165, 1.54) is 5.56 Å². The molecule has 0 saturated carbocycles. The first-order valence-electron chi connectivity index (χ1n) is 3.09. The number of alkyl halides is 1. The number of aryl methyl sites for hydroxylation is 1. The lowest BCUT2D eigenvalue weighted by molar-refractivity contribution is 1.20. The lowest BCUT2D eigenvalue weighted by atomic mass is 10.1. The molecule has 0 N–H and O–H groups in total. The van der Waals surface area contributed by atoms with E-state index >= 15 is 0 Å². The van der Waals surface area contributed by atoms with E-state index in [2.05, 4.69) is 12.6 Å². The Labute approximate surface area is 71.6 Å². The molecule has 0 fully saturated rings. The van der Waals surface area contributed by atoms with Gasteiger partial charge >= 0.3 is 0 Å². The van der Waals surface area contributed by atoms with Gasteiger partial charge in [-0.1, -0.05) is 12.1 Å². The minimum absolute atomic E-state index is 0.547. The largest absolute Gasteiger partial charge is 0.143 e. The highest BCUT2D eigenvalue weighted by Gasteiger charge is 1.98. The highest BCUT2D eigenvalue weighted by atomic mass is 35.5. The van der Waals surface area contributed by atoms with Crippen molar-refractivity contribution < 1.29 is 0 Å². The summed E-state index contributed by atoms with van der Waals surface area (Å²) in [6, 6.07) is 5.97. The molecule has 0 nitrogen and oxygen atoms in total. The van der Waals surface area contributed by atoms with Gasteiger partial charge in [0, 0.05) is 10.8 Å². The Balaban J connectivity index is 3.17. The highest BCUT2D eigenvalue weighted by molar-refractivity contribution is 7.80. The standard InChI is InChI=1S/C8H9ClS/c1-6-3-2-4-8(10)7(6)5-9/h2-4,10H,5H2,1H3. The van der Waals surface area contributed by atoms with Gasteiger partial charge in [0.25, 0.3) is 0 Å². The zero-order chi connectivity index (χ0) is 7.56. The molecule has 0 aliphatic rings. The maximum Gasteiger partial charge on any atom is 0.0487 e. The van der Waals surface area contributed by atoms with Crippen molar-refractivity contribution in [2.45, 2.75) is 17.7 Å². The summed E-state index contributed by atoms with van der Waals surface area (Å²) >= 11 is 9.95. The molecule has 54 valence electrons. The Morgan fingerprint density at radius 2 is 2.20 bits per heavy atom. The maximum absolute atomic E-state index is 5.69. The van der Waals surface area contributed by atoms with Crippen LogP contribution in [0.4, 0.5) is 0 Å². The second-order valence-corrected chi connectivity index (χ2v) is 2.96. The van der Waals surface area contributed by atoms with E-state index in [-0.39, 0.29) is 0 Å². The van der Waals surface area contributed by atoms with Gasteiger partial charge in [-0.2, -0.15) is 0 Å². The van der Waals surface area contributed by atoms with Crippen LogP contribution in [0.25, 0.3) is 0 Å². The fourth-order valence-electron chi connectivity index (χ4n) is 0.861. The average molecular weight is 173 g/mol. The summed E-state index contributed by atoms with van der Waals surface area (Å²) in [4.78, 5) is 0.981. The smallest absolute Gasteiger partial charge is 0.0487 e. The lowest BCUT2D eigenvalue weighted by Gasteiger charge is -2.03. The van der Waals surface area contributed by atoms with Crippen LogP contribution in [0.1, 0.15) is 11.1 Å². The molecule has 1 rings (SSSR count). The SMILES string of the molecule is Cc1cccc(S)c1CCl. The molecule has 2 heteroatoms. The van der Waals surface area contributed by atoms with Gasteiger partial charge in [-0.05, 0) is 24.1 Å². The van der Waals surface area contributed by atoms with E-state index in [0.717, 1.165) is 10.5 Å². The highest BCUT2D eigenvalue weighted by Crippen LogP contribution is 2.19. The molecule has 0 saturated heterocycles. The van der Waals surface area contributed by atoms with Crippen molar-refractivity contribution in [2.75, 3.05) is 0 Å². The van der Waals surface area contributed by atoms with Crippen molar-refractivity contribution in [3.8, 4) is 0 Å². The first-order valence-corrected chi connectivity index (χ1v) is 4.07. The van der Waals surface area contributed by atoms with Crippen molar-refractivity contribution >= 4 is 24.2 Å². The topological polar surface area (TPSA) is 0 Å². The van der Waals surface area contributed by atoms with Gasteiger partial charge in [-0.25, -0.2) is 0 Å². The van der Waals surface area contributed by atoms with Gasteiger partial charge in [0.15, 0.2) is 0 Å². The molecule has 0 amide bonds. The zero-order valence-corrected chi connectivity index (χ0v) is 7.41. The van der Waals surface area contributed by atoms with Crippen LogP contribution >= 0.6 is 24.2 Å². The van der Waals surface area contributed by atoms with Crippen LogP contribution < -0.4 is 0 Å². The van der Waals surface area contributed by atoms with Gasteiger partial charge in [0.1, 0.15) is 0 Å². The van der Waals surface area contributed by atoms with Crippen molar-refractivity contribution in [1.29, 1.82) is 0 Å². The molecule has 0 bridgehead atoms. The van der Waals surface area contributed by atoms with E-state index in [1.807, 2.05) is 25.1 Å². The number of thiol groups is 1. The number of halogens is 1.